The summed E-state index contributed by atoms with van der Waals surface area (Å²) >= 11 is 1.81. The van der Waals surface area contributed by atoms with E-state index < -0.39 is 0 Å². The third-order valence-electron chi connectivity index (χ3n) is 4.27. The molecule has 1 N–H and O–H groups in total. The van der Waals surface area contributed by atoms with Crippen molar-refractivity contribution in [1.82, 2.24) is 5.32 Å². The van der Waals surface area contributed by atoms with Crippen LogP contribution in [-0.4, -0.2) is 7.05 Å². The molecule has 1 nitrogen and oxygen atoms in total. The van der Waals surface area contributed by atoms with Gasteiger partial charge in [0, 0.05) is 6.04 Å². The highest BCUT2D eigenvalue weighted by Gasteiger charge is 2.26. The van der Waals surface area contributed by atoms with E-state index in [0.717, 1.165) is 0 Å². The fourth-order valence-electron chi connectivity index (χ4n) is 3.36. The minimum absolute atomic E-state index is 0.499. The smallest absolute Gasteiger partial charge is 0.0352 e. The van der Waals surface area contributed by atoms with E-state index in [1.807, 2.05) is 11.3 Å². The van der Waals surface area contributed by atoms with Gasteiger partial charge in [-0.15, -0.1) is 0 Å². The maximum Gasteiger partial charge on any atom is 0.0352 e. The lowest BCUT2D eigenvalue weighted by molar-refractivity contribution is 0.359. The fourth-order valence-corrected chi connectivity index (χ4v) is 4.04. The van der Waals surface area contributed by atoms with Gasteiger partial charge in [0.15, 0.2) is 0 Å². The number of nitrogens with one attached hydrogen (secondary N) is 1. The second kappa shape index (κ2) is 5.89. The van der Waals surface area contributed by atoms with Crippen molar-refractivity contribution in [2.24, 2.45) is 5.92 Å². The maximum atomic E-state index is 3.57. The Hall–Kier alpha value is -1.12. The zero-order valence-corrected chi connectivity index (χ0v) is 12.2. The van der Waals surface area contributed by atoms with Crippen LogP contribution >= 0.6 is 11.3 Å². The molecule has 19 heavy (non-hydrogen) atoms. The van der Waals surface area contributed by atoms with E-state index in [2.05, 4.69) is 53.5 Å². The molecule has 1 aliphatic rings. The van der Waals surface area contributed by atoms with Crippen LogP contribution in [0.1, 0.15) is 35.6 Å². The monoisotopic (exact) mass is 271 g/mol. The first-order valence-corrected chi connectivity index (χ1v) is 8.09. The van der Waals surface area contributed by atoms with Crippen molar-refractivity contribution in [3.63, 3.8) is 0 Å². The largest absolute Gasteiger partial charge is 0.313 e. The van der Waals surface area contributed by atoms with E-state index in [4.69, 9.17) is 0 Å². The summed E-state index contributed by atoms with van der Waals surface area (Å²) in [6.45, 7) is 0. The molecule has 1 aromatic heterocycles. The van der Waals surface area contributed by atoms with Crippen LogP contribution in [0.25, 0.3) is 0 Å². The van der Waals surface area contributed by atoms with Crippen molar-refractivity contribution in [1.29, 1.82) is 0 Å². The fraction of sp³-hybridized carbons (Fsp3) is 0.412. The van der Waals surface area contributed by atoms with Gasteiger partial charge in [0.1, 0.15) is 0 Å². The topological polar surface area (TPSA) is 12.0 Å². The lowest BCUT2D eigenvalue weighted by Gasteiger charge is -2.26. The van der Waals surface area contributed by atoms with Crippen LogP contribution < -0.4 is 5.32 Å². The van der Waals surface area contributed by atoms with E-state index in [0.29, 0.717) is 12.0 Å². The third-order valence-corrected chi connectivity index (χ3v) is 5.00. The van der Waals surface area contributed by atoms with Crippen molar-refractivity contribution < 1.29 is 0 Å². The predicted octanol–water partition coefficient (Wildman–Crippen LogP) is 4.20. The zero-order valence-electron chi connectivity index (χ0n) is 11.4. The molecule has 3 rings (SSSR count). The van der Waals surface area contributed by atoms with Gasteiger partial charge in [0.05, 0.1) is 0 Å². The van der Waals surface area contributed by atoms with E-state index in [9.17, 15) is 0 Å². The van der Waals surface area contributed by atoms with E-state index in [1.165, 1.54) is 42.4 Å². The predicted molar refractivity (Wildman–Crippen MR) is 82.7 cm³/mol. The Balaban J connectivity index is 1.88. The number of aryl methyl sites for hydroxylation is 1. The highest BCUT2D eigenvalue weighted by molar-refractivity contribution is 7.07. The Bertz CT molecular complexity index is 518. The summed E-state index contributed by atoms with van der Waals surface area (Å²) in [5.41, 5.74) is 4.55. The quantitative estimate of drug-likeness (QED) is 0.825. The lowest BCUT2D eigenvalue weighted by atomic mass is 9.86. The van der Waals surface area contributed by atoms with E-state index in [1.54, 1.807) is 0 Å². The van der Waals surface area contributed by atoms with Crippen LogP contribution in [0.15, 0.2) is 41.1 Å². The van der Waals surface area contributed by atoms with Crippen LogP contribution in [0.5, 0.6) is 0 Å². The van der Waals surface area contributed by atoms with Crippen LogP contribution in [-0.2, 0) is 12.8 Å². The molecule has 100 valence electrons. The molecule has 0 aliphatic heterocycles. The highest BCUT2D eigenvalue weighted by atomic mass is 32.1. The molecule has 2 unspecified atom stereocenters. The van der Waals surface area contributed by atoms with Crippen LogP contribution in [0, 0.1) is 5.92 Å². The number of benzene rings is 1. The molecule has 2 atom stereocenters. The summed E-state index contributed by atoms with van der Waals surface area (Å²) in [5, 5.41) is 8.05. The number of hydrogen-bond donors (Lipinski definition) is 1. The number of thiophene rings is 1. The second-order valence-corrected chi connectivity index (χ2v) is 6.23. The molecule has 2 aromatic rings. The van der Waals surface area contributed by atoms with Gasteiger partial charge >= 0.3 is 0 Å². The molecule has 0 spiro atoms. The van der Waals surface area contributed by atoms with Crippen molar-refractivity contribution in [3.05, 3.63) is 57.8 Å². The molecule has 0 fully saturated rings. The Kier molecular flexibility index (Phi) is 4.00. The Labute approximate surface area is 119 Å². The first-order valence-electron chi connectivity index (χ1n) is 7.14. The van der Waals surface area contributed by atoms with Gasteiger partial charge in [-0.1, -0.05) is 24.3 Å². The second-order valence-electron chi connectivity index (χ2n) is 5.45. The maximum absolute atomic E-state index is 3.57. The minimum atomic E-state index is 0.499. The van der Waals surface area contributed by atoms with Crippen molar-refractivity contribution in [3.8, 4) is 0 Å². The summed E-state index contributed by atoms with van der Waals surface area (Å²) in [6, 6.07) is 11.7. The Morgan fingerprint density at radius 1 is 1.26 bits per heavy atom. The SMILES string of the molecule is CNC1c2ccccc2CCCC1Cc1ccsc1. The minimum Gasteiger partial charge on any atom is -0.313 e. The number of hydrogen-bond acceptors (Lipinski definition) is 2. The van der Waals surface area contributed by atoms with Gasteiger partial charge in [-0.3, -0.25) is 0 Å². The summed E-state index contributed by atoms with van der Waals surface area (Å²) in [7, 11) is 2.10. The molecule has 1 heterocycles. The van der Waals surface area contributed by atoms with Gasteiger partial charge in [-0.05, 0) is 72.2 Å². The molecule has 1 aromatic carbocycles. The summed E-state index contributed by atoms with van der Waals surface area (Å²) < 4.78 is 0. The summed E-state index contributed by atoms with van der Waals surface area (Å²) in [5.74, 6) is 0.711. The molecule has 0 bridgehead atoms. The first-order chi connectivity index (χ1) is 9.38. The average Bonchev–Trinajstić information content (AvgIpc) is 2.87. The van der Waals surface area contributed by atoms with Crippen LogP contribution in [0.2, 0.25) is 0 Å². The molecular weight excluding hydrogens is 250 g/mol. The van der Waals surface area contributed by atoms with E-state index in [-0.39, 0.29) is 0 Å². The van der Waals surface area contributed by atoms with Crippen LogP contribution in [0.4, 0.5) is 0 Å². The van der Waals surface area contributed by atoms with Crippen molar-refractivity contribution >= 4 is 11.3 Å². The summed E-state index contributed by atoms with van der Waals surface area (Å²) in [4.78, 5) is 0. The normalized spacial score (nSPS) is 22.8. The Morgan fingerprint density at radius 3 is 2.95 bits per heavy atom. The summed E-state index contributed by atoms with van der Waals surface area (Å²) in [6.07, 6.45) is 5.05. The van der Waals surface area contributed by atoms with Gasteiger partial charge in [-0.2, -0.15) is 11.3 Å². The molecule has 0 amide bonds. The Morgan fingerprint density at radius 2 is 2.16 bits per heavy atom. The number of rotatable bonds is 3. The molecule has 0 saturated carbocycles. The van der Waals surface area contributed by atoms with Gasteiger partial charge in [0.25, 0.3) is 0 Å². The molecule has 0 radical (unpaired) electrons. The van der Waals surface area contributed by atoms with E-state index >= 15 is 0 Å². The standard InChI is InChI=1S/C17H21NS/c1-18-17-15(11-13-9-10-19-12-13)7-4-6-14-5-2-3-8-16(14)17/h2-3,5,8-10,12,15,17-18H,4,6-7,11H2,1H3. The molecular formula is C17H21NS. The van der Waals surface area contributed by atoms with Crippen molar-refractivity contribution in [2.75, 3.05) is 7.05 Å². The van der Waals surface area contributed by atoms with Gasteiger partial charge < -0.3 is 5.32 Å². The molecule has 0 saturated heterocycles. The van der Waals surface area contributed by atoms with Gasteiger partial charge in [0.2, 0.25) is 0 Å². The van der Waals surface area contributed by atoms with Gasteiger partial charge in [-0.25, -0.2) is 0 Å². The zero-order chi connectivity index (χ0) is 13.1. The van der Waals surface area contributed by atoms with Crippen molar-refractivity contribution in [2.45, 2.75) is 31.7 Å². The highest BCUT2D eigenvalue weighted by Crippen LogP contribution is 2.35. The lowest BCUT2D eigenvalue weighted by Crippen LogP contribution is -2.26. The third kappa shape index (κ3) is 2.75. The number of fused-ring (bicyclic) bond motifs is 1. The molecule has 1 aliphatic carbocycles. The first kappa shape index (κ1) is 12.9. The average molecular weight is 271 g/mol. The van der Waals surface area contributed by atoms with Crippen LogP contribution in [0.3, 0.4) is 0 Å². The molecule has 2 heteroatoms.